The van der Waals surface area contributed by atoms with Crippen LogP contribution < -0.4 is 10.6 Å². The second-order valence-corrected chi connectivity index (χ2v) is 6.04. The van der Waals surface area contributed by atoms with Gasteiger partial charge in [0.15, 0.2) is 0 Å². The van der Waals surface area contributed by atoms with Crippen molar-refractivity contribution in [2.24, 2.45) is 10.9 Å². The maximum absolute atomic E-state index is 12.6. The van der Waals surface area contributed by atoms with E-state index >= 15 is 0 Å². The number of esters is 1. The van der Waals surface area contributed by atoms with E-state index in [9.17, 15) is 9.59 Å². The highest BCUT2D eigenvalue weighted by Crippen LogP contribution is 2.17. The second-order valence-electron chi connectivity index (χ2n) is 5.61. The summed E-state index contributed by atoms with van der Waals surface area (Å²) in [5, 5.41) is 4.13. The number of Topliss-reactive ketones (excluding diaryl/α,β-unsaturated/α-hetero) is 1. The minimum Gasteiger partial charge on any atom is -0.465 e. The standard InChI is InChI=1S/C21H15ClN2O4/c22-16-7-3-15(4-8-16)21(26)20(24-23)14-5-9-18(10-6-14)28-19(25)12-11-17-2-1-13-27-17/h1-13H,23H2/b12-11+,24-20+. The number of carbonyl (C=O) groups is 2. The zero-order valence-corrected chi connectivity index (χ0v) is 15.3. The first-order chi connectivity index (χ1) is 13.6. The van der Waals surface area contributed by atoms with Gasteiger partial charge in [0.05, 0.1) is 6.26 Å². The molecule has 0 saturated carbocycles. The summed E-state index contributed by atoms with van der Waals surface area (Å²) >= 11 is 5.84. The number of hydrogen-bond acceptors (Lipinski definition) is 6. The number of benzene rings is 2. The lowest BCUT2D eigenvalue weighted by molar-refractivity contribution is -0.128. The Hall–Kier alpha value is -3.64. The van der Waals surface area contributed by atoms with Crippen molar-refractivity contribution < 1.29 is 18.7 Å². The van der Waals surface area contributed by atoms with Gasteiger partial charge in [-0.05, 0) is 66.7 Å². The number of halogens is 1. The Labute approximate surface area is 165 Å². The summed E-state index contributed by atoms with van der Waals surface area (Å²) in [7, 11) is 0. The van der Waals surface area contributed by atoms with Crippen LogP contribution in [-0.4, -0.2) is 17.5 Å². The summed E-state index contributed by atoms with van der Waals surface area (Å²) in [6.07, 6.45) is 4.26. The lowest BCUT2D eigenvalue weighted by atomic mass is 10.0. The summed E-state index contributed by atoms with van der Waals surface area (Å²) in [5.41, 5.74) is 0.985. The molecular formula is C21H15ClN2O4. The largest absolute Gasteiger partial charge is 0.465 e. The molecule has 2 aromatic carbocycles. The van der Waals surface area contributed by atoms with Crippen LogP contribution in [-0.2, 0) is 4.79 Å². The van der Waals surface area contributed by atoms with Crippen molar-refractivity contribution >= 4 is 35.1 Å². The quantitative estimate of drug-likeness (QED) is 0.129. The fourth-order valence-electron chi connectivity index (χ4n) is 2.37. The molecule has 3 aromatic rings. The van der Waals surface area contributed by atoms with E-state index in [-0.39, 0.29) is 11.5 Å². The number of carbonyl (C=O) groups excluding carboxylic acids is 2. The molecule has 1 aromatic heterocycles. The third-order valence-electron chi connectivity index (χ3n) is 3.72. The van der Waals surface area contributed by atoms with Crippen LogP contribution in [0, 0.1) is 0 Å². The van der Waals surface area contributed by atoms with E-state index in [0.29, 0.717) is 27.7 Å². The number of rotatable bonds is 6. The molecule has 0 spiro atoms. The zero-order chi connectivity index (χ0) is 19.9. The fraction of sp³-hybridized carbons (Fsp3) is 0. The van der Waals surface area contributed by atoms with Crippen molar-refractivity contribution in [1.82, 2.24) is 0 Å². The zero-order valence-electron chi connectivity index (χ0n) is 14.5. The normalized spacial score (nSPS) is 11.5. The molecule has 1 heterocycles. The van der Waals surface area contributed by atoms with Gasteiger partial charge in [0.1, 0.15) is 17.2 Å². The van der Waals surface area contributed by atoms with Crippen molar-refractivity contribution in [2.45, 2.75) is 0 Å². The summed E-state index contributed by atoms with van der Waals surface area (Å²) in [6, 6.07) is 16.1. The van der Waals surface area contributed by atoms with Crippen molar-refractivity contribution in [3.05, 3.63) is 94.9 Å². The molecule has 0 atom stereocenters. The predicted molar refractivity (Wildman–Crippen MR) is 106 cm³/mol. The van der Waals surface area contributed by atoms with Crippen LogP contribution in [0.25, 0.3) is 6.08 Å². The first-order valence-corrected chi connectivity index (χ1v) is 8.56. The van der Waals surface area contributed by atoms with Crippen molar-refractivity contribution in [3.63, 3.8) is 0 Å². The van der Waals surface area contributed by atoms with Gasteiger partial charge >= 0.3 is 5.97 Å². The molecular weight excluding hydrogens is 380 g/mol. The first-order valence-electron chi connectivity index (χ1n) is 8.19. The Bertz CT molecular complexity index is 1020. The van der Waals surface area contributed by atoms with Gasteiger partial charge in [0, 0.05) is 22.2 Å². The summed E-state index contributed by atoms with van der Waals surface area (Å²) < 4.78 is 10.3. The van der Waals surface area contributed by atoms with Gasteiger partial charge in [-0.3, -0.25) is 4.79 Å². The van der Waals surface area contributed by atoms with Crippen LogP contribution in [0.4, 0.5) is 0 Å². The van der Waals surface area contributed by atoms with Gasteiger partial charge in [0.2, 0.25) is 5.78 Å². The molecule has 6 nitrogen and oxygen atoms in total. The van der Waals surface area contributed by atoms with Crippen LogP contribution in [0.15, 0.2) is 82.5 Å². The Kier molecular flexibility index (Phi) is 6.04. The molecule has 28 heavy (non-hydrogen) atoms. The van der Waals surface area contributed by atoms with Crippen LogP contribution in [0.3, 0.4) is 0 Å². The van der Waals surface area contributed by atoms with Crippen LogP contribution in [0.1, 0.15) is 21.7 Å². The molecule has 2 N–H and O–H groups in total. The highest BCUT2D eigenvalue weighted by atomic mass is 35.5. The number of ketones is 1. The van der Waals surface area contributed by atoms with Crippen molar-refractivity contribution in [2.75, 3.05) is 0 Å². The first kappa shape index (κ1) is 19.1. The van der Waals surface area contributed by atoms with Crippen LogP contribution in [0.5, 0.6) is 5.75 Å². The molecule has 0 amide bonds. The topological polar surface area (TPSA) is 94.9 Å². The number of hydrogen-bond donors (Lipinski definition) is 1. The molecule has 0 radical (unpaired) electrons. The highest BCUT2D eigenvalue weighted by molar-refractivity contribution is 6.51. The highest BCUT2D eigenvalue weighted by Gasteiger charge is 2.16. The Morgan fingerprint density at radius 3 is 2.29 bits per heavy atom. The second kappa shape index (κ2) is 8.83. The Balaban J connectivity index is 1.69. The third kappa shape index (κ3) is 4.75. The van der Waals surface area contributed by atoms with E-state index in [2.05, 4.69) is 5.10 Å². The molecule has 0 aliphatic rings. The maximum atomic E-state index is 12.6. The van der Waals surface area contributed by atoms with E-state index in [1.54, 1.807) is 60.7 Å². The van der Waals surface area contributed by atoms with Gasteiger partial charge in [-0.15, -0.1) is 0 Å². The predicted octanol–water partition coefficient (Wildman–Crippen LogP) is 4.10. The van der Waals surface area contributed by atoms with E-state index < -0.39 is 5.97 Å². The van der Waals surface area contributed by atoms with E-state index in [1.165, 1.54) is 18.4 Å². The van der Waals surface area contributed by atoms with E-state index in [0.717, 1.165) is 0 Å². The lowest BCUT2D eigenvalue weighted by Crippen LogP contribution is -2.17. The molecule has 7 heteroatoms. The molecule has 3 rings (SSSR count). The molecule has 0 aliphatic carbocycles. The Morgan fingerprint density at radius 1 is 1.00 bits per heavy atom. The monoisotopic (exact) mass is 394 g/mol. The van der Waals surface area contributed by atoms with Crippen LogP contribution in [0.2, 0.25) is 5.02 Å². The number of ether oxygens (including phenoxy) is 1. The number of nitrogens with two attached hydrogens (primary N) is 1. The molecule has 0 saturated heterocycles. The number of hydrazone groups is 1. The lowest BCUT2D eigenvalue weighted by Gasteiger charge is -2.07. The van der Waals surface area contributed by atoms with Gasteiger partial charge < -0.3 is 15.0 Å². The summed E-state index contributed by atoms with van der Waals surface area (Å²) in [5.74, 6) is 5.36. The SMILES string of the molecule is N/N=C(/C(=O)c1ccc(Cl)cc1)c1ccc(OC(=O)/C=C/c2ccco2)cc1. The average molecular weight is 395 g/mol. The average Bonchev–Trinajstić information content (AvgIpc) is 3.22. The molecule has 140 valence electrons. The minimum absolute atomic E-state index is 0.0814. The summed E-state index contributed by atoms with van der Waals surface area (Å²) in [4.78, 5) is 24.4. The maximum Gasteiger partial charge on any atom is 0.336 e. The third-order valence-corrected chi connectivity index (χ3v) is 3.98. The van der Waals surface area contributed by atoms with E-state index in [4.69, 9.17) is 26.6 Å². The molecule has 0 fully saturated rings. The van der Waals surface area contributed by atoms with E-state index in [1.807, 2.05) is 0 Å². The molecule has 0 aliphatic heterocycles. The van der Waals surface area contributed by atoms with Gasteiger partial charge in [-0.25, -0.2) is 4.79 Å². The molecule has 0 unspecified atom stereocenters. The van der Waals surface area contributed by atoms with Gasteiger partial charge in [-0.2, -0.15) is 5.10 Å². The fourth-order valence-corrected chi connectivity index (χ4v) is 2.50. The Morgan fingerprint density at radius 2 is 1.68 bits per heavy atom. The molecule has 0 bridgehead atoms. The van der Waals surface area contributed by atoms with Gasteiger partial charge in [-0.1, -0.05) is 11.6 Å². The van der Waals surface area contributed by atoms with Crippen LogP contribution >= 0.6 is 11.6 Å². The number of furan rings is 1. The minimum atomic E-state index is -0.561. The van der Waals surface area contributed by atoms with Crippen molar-refractivity contribution in [3.8, 4) is 5.75 Å². The van der Waals surface area contributed by atoms with Gasteiger partial charge in [0.25, 0.3) is 0 Å². The number of nitrogens with zero attached hydrogens (tertiary/aromatic N) is 1. The summed E-state index contributed by atoms with van der Waals surface area (Å²) in [6.45, 7) is 0. The van der Waals surface area contributed by atoms with Crippen molar-refractivity contribution in [1.29, 1.82) is 0 Å². The smallest absolute Gasteiger partial charge is 0.336 e.